The number of nitrogens with two attached hydrogens (primary N) is 1. The number of carbonyl (C=O) groups excluding carboxylic acids is 1. The van der Waals surface area contributed by atoms with Gasteiger partial charge in [0, 0.05) is 17.8 Å². The van der Waals surface area contributed by atoms with E-state index in [1.807, 2.05) is 0 Å². The van der Waals surface area contributed by atoms with Crippen molar-refractivity contribution in [3.63, 3.8) is 0 Å². The Hall–Kier alpha value is -1.55. The topological polar surface area (TPSA) is 64.3 Å². The second-order valence-electron chi connectivity index (χ2n) is 7.11. The van der Waals surface area contributed by atoms with Crippen molar-refractivity contribution in [3.05, 3.63) is 29.8 Å². The Morgan fingerprint density at radius 3 is 2.52 bits per heavy atom. The molecule has 0 bridgehead atoms. The van der Waals surface area contributed by atoms with Crippen LogP contribution in [-0.2, 0) is 4.74 Å². The van der Waals surface area contributed by atoms with Crippen molar-refractivity contribution in [1.29, 1.82) is 0 Å². The summed E-state index contributed by atoms with van der Waals surface area (Å²) in [4.78, 5) is 12.1. The predicted molar refractivity (Wildman–Crippen MR) is 94.3 cm³/mol. The third-order valence-electron chi connectivity index (χ3n) is 4.88. The summed E-state index contributed by atoms with van der Waals surface area (Å²) in [6.45, 7) is 7.06. The molecule has 1 aliphatic carbocycles. The van der Waals surface area contributed by atoms with Crippen molar-refractivity contribution in [1.82, 2.24) is 5.32 Å². The maximum absolute atomic E-state index is 12.1. The van der Waals surface area contributed by atoms with E-state index in [4.69, 9.17) is 10.5 Å². The molecule has 3 atom stereocenters. The molecular weight excluding hydrogens is 288 g/mol. The fraction of sp³-hybridized carbons (Fsp3) is 0.632. The SMILES string of the molecule is CC(C)[C@H](COC(=O)c1ccc(N)cc1)N[C@@H]1CCCC[C@@H]1C. The molecule has 1 aromatic rings. The summed E-state index contributed by atoms with van der Waals surface area (Å²) in [7, 11) is 0. The Morgan fingerprint density at radius 2 is 1.91 bits per heavy atom. The van der Waals surface area contributed by atoms with Crippen LogP contribution in [0.4, 0.5) is 5.69 Å². The molecule has 1 aliphatic rings. The Balaban J connectivity index is 1.89. The lowest BCUT2D eigenvalue weighted by Crippen LogP contribution is -2.48. The van der Waals surface area contributed by atoms with Gasteiger partial charge in [-0.1, -0.05) is 33.6 Å². The molecule has 23 heavy (non-hydrogen) atoms. The average Bonchev–Trinajstić information content (AvgIpc) is 2.53. The van der Waals surface area contributed by atoms with Gasteiger partial charge in [0.25, 0.3) is 0 Å². The van der Waals surface area contributed by atoms with Crippen LogP contribution < -0.4 is 11.1 Å². The third-order valence-corrected chi connectivity index (χ3v) is 4.88. The number of anilines is 1. The van der Waals surface area contributed by atoms with Crippen LogP contribution in [0.1, 0.15) is 56.8 Å². The first-order valence-electron chi connectivity index (χ1n) is 8.76. The van der Waals surface area contributed by atoms with E-state index in [0.29, 0.717) is 35.7 Å². The van der Waals surface area contributed by atoms with E-state index >= 15 is 0 Å². The largest absolute Gasteiger partial charge is 0.460 e. The normalized spacial score (nSPS) is 22.8. The quantitative estimate of drug-likeness (QED) is 0.621. The Labute approximate surface area is 139 Å². The van der Waals surface area contributed by atoms with E-state index in [9.17, 15) is 4.79 Å². The van der Waals surface area contributed by atoms with Gasteiger partial charge in [-0.3, -0.25) is 0 Å². The molecule has 0 aliphatic heterocycles. The van der Waals surface area contributed by atoms with Crippen LogP contribution in [0.2, 0.25) is 0 Å². The lowest BCUT2D eigenvalue weighted by Gasteiger charge is -2.34. The smallest absolute Gasteiger partial charge is 0.338 e. The highest BCUT2D eigenvalue weighted by Gasteiger charge is 2.26. The molecule has 2 rings (SSSR count). The summed E-state index contributed by atoms with van der Waals surface area (Å²) < 4.78 is 5.53. The number of nitrogen functional groups attached to an aromatic ring is 1. The Kier molecular flexibility index (Phi) is 6.46. The Morgan fingerprint density at radius 1 is 1.26 bits per heavy atom. The van der Waals surface area contributed by atoms with Gasteiger partial charge in [0.1, 0.15) is 6.61 Å². The van der Waals surface area contributed by atoms with Gasteiger partial charge >= 0.3 is 5.97 Å². The first-order chi connectivity index (χ1) is 11.0. The highest BCUT2D eigenvalue weighted by Crippen LogP contribution is 2.24. The number of hydrogen-bond donors (Lipinski definition) is 2. The number of benzene rings is 1. The minimum Gasteiger partial charge on any atom is -0.460 e. The van der Waals surface area contributed by atoms with E-state index in [2.05, 4.69) is 26.1 Å². The van der Waals surface area contributed by atoms with Crippen molar-refractivity contribution >= 4 is 11.7 Å². The van der Waals surface area contributed by atoms with Crippen LogP contribution in [0.15, 0.2) is 24.3 Å². The van der Waals surface area contributed by atoms with Gasteiger partial charge < -0.3 is 15.8 Å². The van der Waals surface area contributed by atoms with Crippen LogP contribution in [0, 0.1) is 11.8 Å². The van der Waals surface area contributed by atoms with Crippen molar-refractivity contribution in [3.8, 4) is 0 Å². The lowest BCUT2D eigenvalue weighted by molar-refractivity contribution is 0.0421. The van der Waals surface area contributed by atoms with E-state index in [-0.39, 0.29) is 12.0 Å². The van der Waals surface area contributed by atoms with E-state index in [0.717, 1.165) is 0 Å². The van der Waals surface area contributed by atoms with Crippen LogP contribution in [0.25, 0.3) is 0 Å². The minimum absolute atomic E-state index is 0.193. The first kappa shape index (κ1) is 17.8. The lowest BCUT2D eigenvalue weighted by atomic mass is 9.85. The summed E-state index contributed by atoms with van der Waals surface area (Å²) in [5.74, 6) is 0.829. The van der Waals surface area contributed by atoms with E-state index < -0.39 is 0 Å². The second-order valence-corrected chi connectivity index (χ2v) is 7.11. The number of rotatable bonds is 6. The molecule has 1 fully saturated rings. The minimum atomic E-state index is -0.283. The number of ether oxygens (including phenoxy) is 1. The van der Waals surface area contributed by atoms with Crippen LogP contribution in [0.3, 0.4) is 0 Å². The van der Waals surface area contributed by atoms with Gasteiger partial charge in [0.2, 0.25) is 0 Å². The van der Waals surface area contributed by atoms with Gasteiger partial charge in [0.15, 0.2) is 0 Å². The second kappa shape index (κ2) is 8.34. The summed E-state index contributed by atoms with van der Waals surface area (Å²) in [5.41, 5.74) is 6.84. The molecule has 0 amide bonds. The molecular formula is C19H30N2O2. The highest BCUT2D eigenvalue weighted by atomic mass is 16.5. The van der Waals surface area contributed by atoms with E-state index in [1.165, 1.54) is 25.7 Å². The zero-order valence-electron chi connectivity index (χ0n) is 14.5. The average molecular weight is 318 g/mol. The highest BCUT2D eigenvalue weighted by molar-refractivity contribution is 5.89. The summed E-state index contributed by atoms with van der Waals surface area (Å²) >= 11 is 0. The molecule has 128 valence electrons. The molecule has 1 saturated carbocycles. The molecule has 0 saturated heterocycles. The summed E-state index contributed by atoms with van der Waals surface area (Å²) in [5, 5.41) is 3.72. The number of carbonyl (C=O) groups is 1. The molecule has 0 heterocycles. The summed E-state index contributed by atoms with van der Waals surface area (Å²) in [6, 6.07) is 7.58. The maximum atomic E-state index is 12.1. The molecule has 0 unspecified atom stereocenters. The van der Waals surface area contributed by atoms with Crippen molar-refractivity contribution < 1.29 is 9.53 Å². The van der Waals surface area contributed by atoms with Gasteiger partial charge in [-0.05, 0) is 48.9 Å². The molecule has 1 aromatic carbocycles. The number of hydrogen-bond acceptors (Lipinski definition) is 4. The molecule has 4 heteroatoms. The van der Waals surface area contributed by atoms with Gasteiger partial charge in [0.05, 0.1) is 5.56 Å². The number of esters is 1. The van der Waals surface area contributed by atoms with Crippen molar-refractivity contribution in [2.24, 2.45) is 11.8 Å². The predicted octanol–water partition coefficient (Wildman–Crippen LogP) is 3.62. The standard InChI is InChI=1S/C19H30N2O2/c1-13(2)18(21-17-7-5-4-6-14(17)3)12-23-19(22)15-8-10-16(20)11-9-15/h8-11,13-14,17-18,21H,4-7,12,20H2,1-3H3/t14-,17+,18-/m0/s1. The fourth-order valence-corrected chi connectivity index (χ4v) is 3.14. The van der Waals surface area contributed by atoms with Gasteiger partial charge in [-0.25, -0.2) is 4.79 Å². The zero-order chi connectivity index (χ0) is 16.8. The molecule has 0 aromatic heterocycles. The Bertz CT molecular complexity index is 499. The van der Waals surface area contributed by atoms with Crippen molar-refractivity contribution in [2.75, 3.05) is 12.3 Å². The maximum Gasteiger partial charge on any atom is 0.338 e. The molecule has 0 radical (unpaired) electrons. The first-order valence-corrected chi connectivity index (χ1v) is 8.76. The number of nitrogens with one attached hydrogen (secondary N) is 1. The van der Waals surface area contributed by atoms with Gasteiger partial charge in [-0.15, -0.1) is 0 Å². The van der Waals surface area contributed by atoms with E-state index in [1.54, 1.807) is 24.3 Å². The zero-order valence-corrected chi connectivity index (χ0v) is 14.5. The third kappa shape index (κ3) is 5.24. The molecule has 3 N–H and O–H groups in total. The van der Waals surface area contributed by atoms with Crippen LogP contribution >= 0.6 is 0 Å². The fourth-order valence-electron chi connectivity index (χ4n) is 3.14. The summed E-state index contributed by atoms with van der Waals surface area (Å²) in [6.07, 6.45) is 5.12. The molecule has 4 nitrogen and oxygen atoms in total. The molecule has 0 spiro atoms. The van der Waals surface area contributed by atoms with Crippen LogP contribution in [0.5, 0.6) is 0 Å². The van der Waals surface area contributed by atoms with Gasteiger partial charge in [-0.2, -0.15) is 0 Å². The van der Waals surface area contributed by atoms with Crippen molar-refractivity contribution in [2.45, 2.75) is 58.5 Å². The monoisotopic (exact) mass is 318 g/mol. The van der Waals surface area contributed by atoms with Crippen LogP contribution in [-0.4, -0.2) is 24.7 Å².